The molecule has 1 heterocycles. The monoisotopic (exact) mass is 273 g/mol. The lowest BCUT2D eigenvalue weighted by atomic mass is 10.0. The zero-order valence-corrected chi connectivity index (χ0v) is 12.0. The number of benzene rings is 1. The van der Waals surface area contributed by atoms with Gasteiger partial charge in [0.1, 0.15) is 5.82 Å². The lowest BCUT2D eigenvalue weighted by molar-refractivity contribution is 0.587. The maximum atomic E-state index is 14.2. The standard InChI is InChI=1S/C16H20FN3/c1-3-16-14(10-20(2)19-16)11-4-5-12(15(17)8-11)9-18-13-6-7-13/h4-5,8,10,13,18H,3,6-7,9H2,1-2H3. The van der Waals surface area contributed by atoms with Gasteiger partial charge in [0, 0.05) is 37.0 Å². The molecule has 1 aliphatic carbocycles. The summed E-state index contributed by atoms with van der Waals surface area (Å²) in [4.78, 5) is 0. The molecule has 1 fully saturated rings. The Labute approximate surface area is 118 Å². The maximum absolute atomic E-state index is 14.2. The van der Waals surface area contributed by atoms with Crippen LogP contribution in [0.2, 0.25) is 0 Å². The molecule has 0 atom stereocenters. The van der Waals surface area contributed by atoms with Crippen LogP contribution in [0.15, 0.2) is 24.4 Å². The first kappa shape index (κ1) is 13.3. The highest BCUT2D eigenvalue weighted by Gasteiger charge is 2.20. The van der Waals surface area contributed by atoms with E-state index >= 15 is 0 Å². The Morgan fingerprint density at radius 3 is 2.85 bits per heavy atom. The number of halogens is 1. The highest BCUT2D eigenvalue weighted by Crippen LogP contribution is 2.26. The molecule has 3 rings (SSSR count). The molecule has 1 aromatic carbocycles. The smallest absolute Gasteiger partial charge is 0.128 e. The molecule has 1 N–H and O–H groups in total. The molecule has 0 unspecified atom stereocenters. The van der Waals surface area contributed by atoms with Gasteiger partial charge in [-0.15, -0.1) is 0 Å². The van der Waals surface area contributed by atoms with E-state index in [1.165, 1.54) is 12.8 Å². The number of nitrogens with one attached hydrogen (secondary N) is 1. The van der Waals surface area contributed by atoms with Gasteiger partial charge in [-0.05, 0) is 30.9 Å². The predicted octanol–water partition coefficient (Wildman–Crippen LogP) is 3.04. The van der Waals surface area contributed by atoms with Crippen molar-refractivity contribution in [2.75, 3.05) is 0 Å². The molecule has 2 aromatic rings. The normalized spacial score (nSPS) is 14.8. The average molecular weight is 273 g/mol. The van der Waals surface area contributed by atoms with Crippen molar-refractivity contribution in [2.24, 2.45) is 7.05 Å². The van der Waals surface area contributed by atoms with Gasteiger partial charge in [0.15, 0.2) is 0 Å². The van der Waals surface area contributed by atoms with Crippen molar-refractivity contribution >= 4 is 0 Å². The zero-order chi connectivity index (χ0) is 14.1. The predicted molar refractivity (Wildman–Crippen MR) is 77.8 cm³/mol. The third kappa shape index (κ3) is 2.75. The van der Waals surface area contributed by atoms with Gasteiger partial charge in [-0.3, -0.25) is 4.68 Å². The van der Waals surface area contributed by atoms with Gasteiger partial charge in [0.05, 0.1) is 5.69 Å². The molecule has 3 nitrogen and oxygen atoms in total. The first-order valence-electron chi connectivity index (χ1n) is 7.22. The van der Waals surface area contributed by atoms with Gasteiger partial charge in [-0.25, -0.2) is 4.39 Å². The summed E-state index contributed by atoms with van der Waals surface area (Å²) in [5.41, 5.74) is 3.68. The molecular formula is C16H20FN3. The quantitative estimate of drug-likeness (QED) is 0.907. The van der Waals surface area contributed by atoms with Crippen LogP contribution >= 0.6 is 0 Å². The van der Waals surface area contributed by atoms with Gasteiger partial charge >= 0.3 is 0 Å². The van der Waals surface area contributed by atoms with E-state index in [0.717, 1.165) is 28.8 Å². The van der Waals surface area contributed by atoms with E-state index in [1.54, 1.807) is 10.7 Å². The Morgan fingerprint density at radius 2 is 2.20 bits per heavy atom. The molecule has 0 saturated heterocycles. The lowest BCUT2D eigenvalue weighted by Gasteiger charge is -2.07. The second-order valence-corrected chi connectivity index (χ2v) is 5.48. The minimum atomic E-state index is -0.137. The Balaban J connectivity index is 1.84. The fraction of sp³-hybridized carbons (Fsp3) is 0.438. The molecule has 106 valence electrons. The van der Waals surface area contributed by atoms with Gasteiger partial charge < -0.3 is 5.32 Å². The fourth-order valence-corrected chi connectivity index (χ4v) is 2.44. The minimum Gasteiger partial charge on any atom is -0.310 e. The van der Waals surface area contributed by atoms with Crippen LogP contribution in [0.1, 0.15) is 31.0 Å². The van der Waals surface area contributed by atoms with Gasteiger partial charge in [-0.1, -0.05) is 19.1 Å². The van der Waals surface area contributed by atoms with E-state index in [-0.39, 0.29) is 5.82 Å². The summed E-state index contributed by atoms with van der Waals surface area (Å²) < 4.78 is 16.0. The number of aromatic nitrogens is 2. The van der Waals surface area contributed by atoms with Crippen LogP contribution in [0.25, 0.3) is 11.1 Å². The summed E-state index contributed by atoms with van der Waals surface area (Å²) in [6, 6.07) is 6.09. The third-order valence-electron chi connectivity index (χ3n) is 3.76. The molecule has 0 aliphatic heterocycles. The molecule has 4 heteroatoms. The Morgan fingerprint density at radius 1 is 1.40 bits per heavy atom. The summed E-state index contributed by atoms with van der Waals surface area (Å²) in [5.74, 6) is -0.137. The van der Waals surface area contributed by atoms with Crippen molar-refractivity contribution in [1.82, 2.24) is 15.1 Å². The van der Waals surface area contributed by atoms with Crippen LogP contribution in [0.5, 0.6) is 0 Å². The first-order valence-corrected chi connectivity index (χ1v) is 7.22. The van der Waals surface area contributed by atoms with Crippen molar-refractivity contribution in [1.29, 1.82) is 0 Å². The van der Waals surface area contributed by atoms with E-state index in [0.29, 0.717) is 12.6 Å². The van der Waals surface area contributed by atoms with Crippen molar-refractivity contribution in [2.45, 2.75) is 38.8 Å². The summed E-state index contributed by atoms with van der Waals surface area (Å²) in [6.45, 7) is 2.68. The topological polar surface area (TPSA) is 29.9 Å². The molecule has 0 radical (unpaired) electrons. The van der Waals surface area contributed by atoms with Crippen LogP contribution in [0, 0.1) is 5.82 Å². The number of hydrogen-bond acceptors (Lipinski definition) is 2. The van der Waals surface area contributed by atoms with Crippen LogP contribution in [0.3, 0.4) is 0 Å². The molecule has 0 bridgehead atoms. The number of aryl methyl sites for hydroxylation is 2. The fourth-order valence-electron chi connectivity index (χ4n) is 2.44. The van der Waals surface area contributed by atoms with E-state index in [1.807, 2.05) is 25.4 Å². The lowest BCUT2D eigenvalue weighted by Crippen LogP contribution is -2.16. The maximum Gasteiger partial charge on any atom is 0.128 e. The van der Waals surface area contributed by atoms with Crippen LogP contribution in [-0.2, 0) is 20.0 Å². The van der Waals surface area contributed by atoms with E-state index in [2.05, 4.69) is 17.3 Å². The van der Waals surface area contributed by atoms with E-state index in [9.17, 15) is 4.39 Å². The molecule has 1 saturated carbocycles. The summed E-state index contributed by atoms with van der Waals surface area (Å²) in [6.07, 6.45) is 5.24. The number of nitrogens with zero attached hydrogens (tertiary/aromatic N) is 2. The van der Waals surface area contributed by atoms with Crippen molar-refractivity contribution in [3.05, 3.63) is 41.5 Å². The second kappa shape index (κ2) is 5.37. The largest absolute Gasteiger partial charge is 0.310 e. The Hall–Kier alpha value is -1.68. The van der Waals surface area contributed by atoms with Crippen molar-refractivity contribution in [3.63, 3.8) is 0 Å². The average Bonchev–Trinajstić information content (AvgIpc) is 3.18. The first-order chi connectivity index (χ1) is 9.67. The molecular weight excluding hydrogens is 253 g/mol. The molecule has 0 spiro atoms. The van der Waals surface area contributed by atoms with Crippen molar-refractivity contribution in [3.8, 4) is 11.1 Å². The van der Waals surface area contributed by atoms with E-state index < -0.39 is 0 Å². The Bertz CT molecular complexity index is 614. The zero-order valence-electron chi connectivity index (χ0n) is 12.0. The highest BCUT2D eigenvalue weighted by molar-refractivity contribution is 5.65. The van der Waals surface area contributed by atoms with Crippen LogP contribution in [0.4, 0.5) is 4.39 Å². The highest BCUT2D eigenvalue weighted by atomic mass is 19.1. The van der Waals surface area contributed by atoms with Gasteiger partial charge in [-0.2, -0.15) is 5.10 Å². The van der Waals surface area contributed by atoms with Crippen LogP contribution < -0.4 is 5.32 Å². The van der Waals surface area contributed by atoms with Gasteiger partial charge in [0.2, 0.25) is 0 Å². The third-order valence-corrected chi connectivity index (χ3v) is 3.76. The number of rotatable bonds is 5. The molecule has 1 aliphatic rings. The summed E-state index contributed by atoms with van der Waals surface area (Å²) in [5, 5.41) is 7.75. The minimum absolute atomic E-state index is 0.137. The van der Waals surface area contributed by atoms with Gasteiger partial charge in [0.25, 0.3) is 0 Å². The SMILES string of the molecule is CCc1nn(C)cc1-c1ccc(CNC2CC2)c(F)c1. The van der Waals surface area contributed by atoms with Crippen LogP contribution in [-0.4, -0.2) is 15.8 Å². The summed E-state index contributed by atoms with van der Waals surface area (Å²) in [7, 11) is 1.90. The summed E-state index contributed by atoms with van der Waals surface area (Å²) >= 11 is 0. The molecule has 20 heavy (non-hydrogen) atoms. The molecule has 0 amide bonds. The second-order valence-electron chi connectivity index (χ2n) is 5.48. The number of hydrogen-bond donors (Lipinski definition) is 1. The Kier molecular flexibility index (Phi) is 3.57. The van der Waals surface area contributed by atoms with Crippen molar-refractivity contribution < 1.29 is 4.39 Å². The van der Waals surface area contributed by atoms with E-state index in [4.69, 9.17) is 0 Å². The molecule has 1 aromatic heterocycles.